The third kappa shape index (κ3) is 2.29. The number of hydrogen-bond acceptors (Lipinski definition) is 4. The summed E-state index contributed by atoms with van der Waals surface area (Å²) in [5.74, 6) is -3.87. The minimum Gasteiger partial charge on any atom is -0.478 e. The van der Waals surface area contributed by atoms with Crippen molar-refractivity contribution in [3.05, 3.63) is 40.5 Å². The number of nitrogens with zero attached hydrogens (tertiary/aromatic N) is 1. The first kappa shape index (κ1) is 14.4. The van der Waals surface area contributed by atoms with Gasteiger partial charge in [-0.2, -0.15) is 0 Å². The number of rotatable bonds is 3. The summed E-state index contributed by atoms with van der Waals surface area (Å²) in [5.41, 5.74) is -0.200. The zero-order valence-corrected chi connectivity index (χ0v) is 11.2. The molecule has 0 aliphatic carbocycles. The molecule has 1 aliphatic rings. The number of carboxylic acids is 2. The molecule has 21 heavy (non-hydrogen) atoms. The molecule has 0 fully saturated rings. The van der Waals surface area contributed by atoms with Crippen LogP contribution in [0.3, 0.4) is 0 Å². The van der Waals surface area contributed by atoms with Crippen LogP contribution in [-0.2, 0) is 9.59 Å². The molecule has 0 radical (unpaired) electrons. The fraction of sp³-hybridized carbons (Fsp3) is 0.143. The second kappa shape index (κ2) is 4.86. The average Bonchev–Trinajstić information content (AvgIpc) is 2.62. The fourth-order valence-corrected chi connectivity index (χ4v) is 1.97. The number of anilines is 1. The van der Waals surface area contributed by atoms with Crippen molar-refractivity contribution in [1.82, 2.24) is 0 Å². The van der Waals surface area contributed by atoms with Crippen molar-refractivity contribution in [1.29, 1.82) is 0 Å². The van der Waals surface area contributed by atoms with Crippen LogP contribution in [0.2, 0.25) is 0 Å². The Hall–Kier alpha value is -2.96. The molecule has 0 aromatic heterocycles. The molecule has 1 heterocycles. The fourth-order valence-electron chi connectivity index (χ4n) is 1.97. The van der Waals surface area contributed by atoms with E-state index < -0.39 is 23.8 Å². The molecule has 2 rings (SSSR count). The topological polar surface area (TPSA) is 112 Å². The Kier molecular flexibility index (Phi) is 3.34. The Labute approximate surface area is 119 Å². The normalized spacial score (nSPS) is 14.9. The molecule has 0 saturated heterocycles. The summed E-state index contributed by atoms with van der Waals surface area (Å²) >= 11 is 0. The second-order valence-electron chi connectivity index (χ2n) is 4.57. The third-order valence-electron chi connectivity index (χ3n) is 3.28. The number of aromatic carboxylic acids is 2. The predicted molar refractivity (Wildman–Crippen MR) is 71.2 cm³/mol. The average molecular weight is 289 g/mol. The smallest absolute Gasteiger partial charge is 0.335 e. The van der Waals surface area contributed by atoms with Crippen LogP contribution >= 0.6 is 0 Å². The molecule has 7 heteroatoms. The summed E-state index contributed by atoms with van der Waals surface area (Å²) in [6.07, 6.45) is 0. The van der Waals surface area contributed by atoms with Gasteiger partial charge in [0.25, 0.3) is 11.8 Å². The van der Waals surface area contributed by atoms with Crippen LogP contribution in [0.25, 0.3) is 0 Å². The van der Waals surface area contributed by atoms with Crippen LogP contribution in [0.4, 0.5) is 5.69 Å². The van der Waals surface area contributed by atoms with Gasteiger partial charge in [-0.3, -0.25) is 9.59 Å². The van der Waals surface area contributed by atoms with E-state index in [1.54, 1.807) is 0 Å². The van der Waals surface area contributed by atoms with E-state index in [1.807, 2.05) is 0 Å². The molecule has 7 nitrogen and oxygen atoms in total. The minimum absolute atomic E-state index is 0.0708. The summed E-state index contributed by atoms with van der Waals surface area (Å²) < 4.78 is 0. The van der Waals surface area contributed by atoms with Crippen LogP contribution in [0, 0.1) is 0 Å². The highest BCUT2D eigenvalue weighted by Gasteiger charge is 2.35. The van der Waals surface area contributed by atoms with Gasteiger partial charge in [0.15, 0.2) is 0 Å². The monoisotopic (exact) mass is 289 g/mol. The number of carboxylic acid groups (broad SMARTS) is 2. The van der Waals surface area contributed by atoms with Gasteiger partial charge in [0.2, 0.25) is 0 Å². The molecule has 1 aromatic carbocycles. The number of amides is 2. The van der Waals surface area contributed by atoms with E-state index in [0.29, 0.717) is 0 Å². The lowest BCUT2D eigenvalue weighted by molar-refractivity contribution is -0.120. The summed E-state index contributed by atoms with van der Waals surface area (Å²) in [6, 6.07) is 3.15. The molecule has 0 spiro atoms. The van der Waals surface area contributed by atoms with Gasteiger partial charge in [0, 0.05) is 11.1 Å². The molecule has 1 aliphatic heterocycles. The van der Waals surface area contributed by atoms with Gasteiger partial charge >= 0.3 is 11.9 Å². The molecule has 0 saturated carbocycles. The molecule has 108 valence electrons. The van der Waals surface area contributed by atoms with E-state index in [-0.39, 0.29) is 28.0 Å². The SMILES string of the molecule is CC1=C(C)C(=O)N(c2cc(C(=O)O)cc(C(=O)O)c2)C1=O. The van der Waals surface area contributed by atoms with E-state index in [9.17, 15) is 19.2 Å². The number of carbonyl (C=O) groups is 4. The van der Waals surface area contributed by atoms with Crippen molar-refractivity contribution in [3.63, 3.8) is 0 Å². The summed E-state index contributed by atoms with van der Waals surface area (Å²) in [7, 11) is 0. The highest BCUT2D eigenvalue weighted by Crippen LogP contribution is 2.28. The van der Waals surface area contributed by atoms with Gasteiger partial charge in [0.1, 0.15) is 0 Å². The summed E-state index contributed by atoms with van der Waals surface area (Å²) in [4.78, 5) is 46.9. The molecule has 1 aromatic rings. The maximum atomic E-state index is 12.0. The lowest BCUT2D eigenvalue weighted by Crippen LogP contribution is -2.31. The first-order chi connectivity index (χ1) is 9.73. The van der Waals surface area contributed by atoms with Crippen LogP contribution in [0.5, 0.6) is 0 Å². The Morgan fingerprint density at radius 1 is 0.857 bits per heavy atom. The summed E-state index contributed by atoms with van der Waals surface area (Å²) in [6.45, 7) is 2.96. The minimum atomic E-state index is -1.35. The first-order valence-electron chi connectivity index (χ1n) is 5.92. The standard InChI is InChI=1S/C14H11NO6/c1-6-7(2)12(17)15(11(6)16)10-4-8(13(18)19)3-9(5-10)14(20)21/h3-5H,1-2H3,(H,18,19)(H,20,21). The number of hydrogen-bond donors (Lipinski definition) is 2. The maximum absolute atomic E-state index is 12.0. The van der Waals surface area contributed by atoms with Crippen LogP contribution in [-0.4, -0.2) is 34.0 Å². The van der Waals surface area contributed by atoms with Gasteiger partial charge in [-0.25, -0.2) is 14.5 Å². The van der Waals surface area contributed by atoms with Gasteiger partial charge in [-0.15, -0.1) is 0 Å². The van der Waals surface area contributed by atoms with Crippen molar-refractivity contribution < 1.29 is 29.4 Å². The zero-order valence-electron chi connectivity index (χ0n) is 11.2. The predicted octanol–water partition coefficient (Wildman–Crippen LogP) is 1.29. The maximum Gasteiger partial charge on any atom is 0.335 e. The largest absolute Gasteiger partial charge is 0.478 e. The molecule has 0 unspecified atom stereocenters. The highest BCUT2D eigenvalue weighted by molar-refractivity contribution is 6.32. The Bertz CT molecular complexity index is 675. The van der Waals surface area contributed by atoms with Crippen molar-refractivity contribution in [2.75, 3.05) is 4.90 Å². The van der Waals surface area contributed by atoms with Crippen molar-refractivity contribution in [2.24, 2.45) is 0 Å². The molecule has 0 atom stereocenters. The highest BCUT2D eigenvalue weighted by atomic mass is 16.4. The Balaban J connectivity index is 2.60. The van der Waals surface area contributed by atoms with E-state index in [0.717, 1.165) is 23.1 Å². The van der Waals surface area contributed by atoms with Crippen molar-refractivity contribution in [2.45, 2.75) is 13.8 Å². The van der Waals surface area contributed by atoms with Gasteiger partial charge in [0.05, 0.1) is 16.8 Å². The van der Waals surface area contributed by atoms with Gasteiger partial charge < -0.3 is 10.2 Å². The quantitative estimate of drug-likeness (QED) is 0.811. The third-order valence-corrected chi connectivity index (χ3v) is 3.28. The van der Waals surface area contributed by atoms with Crippen LogP contribution in [0.1, 0.15) is 34.6 Å². The Morgan fingerprint density at radius 3 is 1.57 bits per heavy atom. The van der Waals surface area contributed by atoms with E-state index >= 15 is 0 Å². The molecular formula is C14H11NO6. The van der Waals surface area contributed by atoms with Crippen molar-refractivity contribution >= 4 is 29.4 Å². The van der Waals surface area contributed by atoms with E-state index in [1.165, 1.54) is 13.8 Å². The second-order valence-corrected chi connectivity index (χ2v) is 4.57. The van der Waals surface area contributed by atoms with Gasteiger partial charge in [-0.1, -0.05) is 0 Å². The van der Waals surface area contributed by atoms with Crippen LogP contribution in [0.15, 0.2) is 29.3 Å². The van der Waals surface area contributed by atoms with E-state index in [4.69, 9.17) is 10.2 Å². The van der Waals surface area contributed by atoms with Crippen molar-refractivity contribution in [3.8, 4) is 0 Å². The van der Waals surface area contributed by atoms with Gasteiger partial charge in [-0.05, 0) is 32.0 Å². The molecule has 0 bridgehead atoms. The molecule has 2 N–H and O–H groups in total. The first-order valence-corrected chi connectivity index (χ1v) is 5.92. The van der Waals surface area contributed by atoms with E-state index in [2.05, 4.69) is 0 Å². The molecule has 2 amide bonds. The number of carbonyl (C=O) groups excluding carboxylic acids is 2. The van der Waals surface area contributed by atoms with Crippen LogP contribution < -0.4 is 4.90 Å². The molecular weight excluding hydrogens is 278 g/mol. The zero-order chi connectivity index (χ0) is 15.9. The lowest BCUT2D eigenvalue weighted by Gasteiger charge is -2.16. The number of benzene rings is 1. The lowest BCUT2D eigenvalue weighted by atomic mass is 10.1. The Morgan fingerprint density at radius 2 is 1.24 bits per heavy atom. The summed E-state index contributed by atoms with van der Waals surface area (Å²) in [5, 5.41) is 18.0. The number of imide groups is 1.